The van der Waals surface area contributed by atoms with Crippen molar-refractivity contribution in [2.24, 2.45) is 0 Å². The quantitative estimate of drug-likeness (QED) is 0.837. The van der Waals surface area contributed by atoms with E-state index in [9.17, 15) is 18.4 Å². The molecular formula is C19H19F3N4O2. The highest BCUT2D eigenvalue weighted by atomic mass is 19.4. The lowest BCUT2D eigenvalue weighted by Gasteiger charge is -2.21. The molecule has 1 aromatic heterocycles. The maximum Gasteiger partial charge on any atom is 0.433 e. The highest BCUT2D eigenvalue weighted by Gasteiger charge is 2.33. The first-order valence-electron chi connectivity index (χ1n) is 8.57. The molecule has 1 N–H and O–H groups in total. The van der Waals surface area contributed by atoms with Gasteiger partial charge in [0.2, 0.25) is 0 Å². The fourth-order valence-electron chi connectivity index (χ4n) is 3.10. The van der Waals surface area contributed by atoms with Crippen molar-refractivity contribution in [2.45, 2.75) is 18.6 Å². The van der Waals surface area contributed by atoms with E-state index >= 15 is 0 Å². The van der Waals surface area contributed by atoms with Crippen LogP contribution in [0, 0.1) is 11.3 Å². The lowest BCUT2D eigenvalue weighted by Crippen LogP contribution is -2.27. The van der Waals surface area contributed by atoms with E-state index in [0.29, 0.717) is 31.0 Å². The fourth-order valence-corrected chi connectivity index (χ4v) is 3.10. The van der Waals surface area contributed by atoms with E-state index in [1.54, 1.807) is 20.3 Å². The number of nitrogens with zero attached hydrogens (tertiary/aromatic N) is 3. The van der Waals surface area contributed by atoms with Crippen LogP contribution in [0.2, 0.25) is 0 Å². The lowest BCUT2D eigenvalue weighted by molar-refractivity contribution is -0.141. The number of methoxy groups -OCH3 is 2. The van der Waals surface area contributed by atoms with Gasteiger partial charge in [0.25, 0.3) is 0 Å². The van der Waals surface area contributed by atoms with Crippen LogP contribution in [0.5, 0.6) is 11.5 Å². The van der Waals surface area contributed by atoms with Gasteiger partial charge in [-0.05, 0) is 18.6 Å². The summed E-state index contributed by atoms with van der Waals surface area (Å²) in [5.74, 6) is 1.25. The smallest absolute Gasteiger partial charge is 0.433 e. The maximum absolute atomic E-state index is 12.9. The summed E-state index contributed by atoms with van der Waals surface area (Å²) < 4.78 is 49.4. The monoisotopic (exact) mass is 392 g/mol. The van der Waals surface area contributed by atoms with Gasteiger partial charge in [0.1, 0.15) is 29.1 Å². The minimum atomic E-state index is -4.57. The first-order valence-corrected chi connectivity index (χ1v) is 8.57. The third-order valence-corrected chi connectivity index (χ3v) is 4.54. The van der Waals surface area contributed by atoms with E-state index < -0.39 is 11.9 Å². The van der Waals surface area contributed by atoms with Crippen molar-refractivity contribution in [3.63, 3.8) is 0 Å². The van der Waals surface area contributed by atoms with Gasteiger partial charge >= 0.3 is 6.18 Å². The van der Waals surface area contributed by atoms with Crippen LogP contribution in [-0.2, 0) is 6.18 Å². The molecule has 2 heterocycles. The summed E-state index contributed by atoms with van der Waals surface area (Å²) in [4.78, 5) is 5.69. The molecule has 9 heteroatoms. The standard InChI is InChI=1S/C19H19F3N4O2/c1-27-15-7-14(8-16(9-15)28-2)26-6-5-13(11-26)24-18-12(10-23)3-4-17(25-18)19(20,21)22/h3-4,7-9,13H,5-6,11H2,1-2H3,(H,24,25). The molecule has 1 atom stereocenters. The molecule has 148 valence electrons. The van der Waals surface area contributed by atoms with E-state index in [4.69, 9.17) is 9.47 Å². The maximum atomic E-state index is 12.9. The molecule has 0 bridgehead atoms. The number of anilines is 2. The normalized spacial score (nSPS) is 16.6. The first-order chi connectivity index (χ1) is 13.3. The number of ether oxygens (including phenoxy) is 2. The Labute approximate surface area is 160 Å². The number of halogens is 3. The van der Waals surface area contributed by atoms with Gasteiger partial charge < -0.3 is 19.7 Å². The Morgan fingerprint density at radius 1 is 1.18 bits per heavy atom. The number of hydrogen-bond acceptors (Lipinski definition) is 6. The summed E-state index contributed by atoms with van der Waals surface area (Å²) in [7, 11) is 3.13. The van der Waals surface area contributed by atoms with E-state index in [1.807, 2.05) is 18.2 Å². The van der Waals surface area contributed by atoms with E-state index in [-0.39, 0.29) is 17.4 Å². The van der Waals surface area contributed by atoms with Crippen molar-refractivity contribution in [3.05, 3.63) is 41.6 Å². The third kappa shape index (κ3) is 4.22. The van der Waals surface area contributed by atoms with Gasteiger partial charge in [0.05, 0.1) is 19.8 Å². The van der Waals surface area contributed by atoms with Gasteiger partial charge in [-0.1, -0.05) is 0 Å². The molecule has 1 aromatic carbocycles. The van der Waals surface area contributed by atoms with Crippen LogP contribution >= 0.6 is 0 Å². The number of hydrogen-bond donors (Lipinski definition) is 1. The SMILES string of the molecule is COc1cc(OC)cc(N2CCC(Nc3nc(C(F)(F)F)ccc3C#N)C2)c1. The lowest BCUT2D eigenvalue weighted by atomic mass is 10.2. The highest BCUT2D eigenvalue weighted by molar-refractivity contribution is 5.58. The number of rotatable bonds is 5. The summed E-state index contributed by atoms with van der Waals surface area (Å²) in [5, 5.41) is 12.2. The van der Waals surface area contributed by atoms with Crippen molar-refractivity contribution >= 4 is 11.5 Å². The summed E-state index contributed by atoms with van der Waals surface area (Å²) in [6, 6.07) is 9.18. The van der Waals surface area contributed by atoms with E-state index in [0.717, 1.165) is 17.8 Å². The van der Waals surface area contributed by atoms with Gasteiger partial charge in [0, 0.05) is 43.0 Å². The molecule has 1 aliphatic heterocycles. The molecule has 0 spiro atoms. The van der Waals surface area contributed by atoms with Crippen LogP contribution in [0.1, 0.15) is 17.7 Å². The van der Waals surface area contributed by atoms with E-state index in [2.05, 4.69) is 15.2 Å². The number of alkyl halides is 3. The Bertz CT molecular complexity index is 873. The van der Waals surface area contributed by atoms with Gasteiger partial charge in [-0.2, -0.15) is 18.4 Å². The Morgan fingerprint density at radius 2 is 1.86 bits per heavy atom. The summed E-state index contributed by atoms with van der Waals surface area (Å²) in [6.07, 6.45) is -3.88. The Morgan fingerprint density at radius 3 is 2.43 bits per heavy atom. The molecule has 2 aromatic rings. The zero-order valence-electron chi connectivity index (χ0n) is 15.4. The van der Waals surface area contributed by atoms with Gasteiger partial charge in [-0.3, -0.25) is 0 Å². The van der Waals surface area contributed by atoms with E-state index in [1.165, 1.54) is 0 Å². The van der Waals surface area contributed by atoms with Gasteiger partial charge in [-0.15, -0.1) is 0 Å². The molecule has 6 nitrogen and oxygen atoms in total. The average molecular weight is 392 g/mol. The molecule has 3 rings (SSSR count). The highest BCUT2D eigenvalue weighted by Crippen LogP contribution is 2.32. The first kappa shape index (κ1) is 19.6. The molecule has 0 saturated carbocycles. The second kappa shape index (κ2) is 7.84. The minimum Gasteiger partial charge on any atom is -0.497 e. The van der Waals surface area contributed by atoms with Gasteiger partial charge in [0.15, 0.2) is 0 Å². The van der Waals surface area contributed by atoms with Crippen LogP contribution < -0.4 is 19.7 Å². The summed E-state index contributed by atoms with van der Waals surface area (Å²) in [5.41, 5.74) is -0.0612. The predicted octanol–water partition coefficient (Wildman–Crippen LogP) is 3.68. The number of aromatic nitrogens is 1. The number of nitrogens with one attached hydrogen (secondary N) is 1. The molecule has 0 amide bonds. The molecule has 0 aliphatic carbocycles. The van der Waals surface area contributed by atoms with Crippen molar-refractivity contribution < 1.29 is 22.6 Å². The molecule has 28 heavy (non-hydrogen) atoms. The van der Waals surface area contributed by atoms with Crippen molar-refractivity contribution in [1.82, 2.24) is 4.98 Å². The second-order valence-electron chi connectivity index (χ2n) is 6.35. The van der Waals surface area contributed by atoms with Crippen molar-refractivity contribution in [1.29, 1.82) is 5.26 Å². The molecule has 1 aliphatic rings. The van der Waals surface area contributed by atoms with Crippen LogP contribution in [-0.4, -0.2) is 38.3 Å². The average Bonchev–Trinajstić information content (AvgIpc) is 3.15. The summed E-state index contributed by atoms with van der Waals surface area (Å²) in [6.45, 7) is 1.23. The zero-order valence-corrected chi connectivity index (χ0v) is 15.4. The van der Waals surface area contributed by atoms with Crippen LogP contribution in [0.15, 0.2) is 30.3 Å². The topological polar surface area (TPSA) is 70.4 Å². The summed E-state index contributed by atoms with van der Waals surface area (Å²) >= 11 is 0. The second-order valence-corrected chi connectivity index (χ2v) is 6.35. The minimum absolute atomic E-state index is 0.0487. The number of benzene rings is 1. The predicted molar refractivity (Wildman–Crippen MR) is 97.7 cm³/mol. The van der Waals surface area contributed by atoms with Crippen LogP contribution in [0.25, 0.3) is 0 Å². The zero-order chi connectivity index (χ0) is 20.3. The van der Waals surface area contributed by atoms with Crippen LogP contribution in [0.4, 0.5) is 24.7 Å². The number of pyridine rings is 1. The molecule has 1 saturated heterocycles. The Balaban J connectivity index is 1.78. The third-order valence-electron chi connectivity index (χ3n) is 4.54. The molecule has 0 radical (unpaired) electrons. The van der Waals surface area contributed by atoms with Gasteiger partial charge in [-0.25, -0.2) is 4.98 Å². The molecule has 1 unspecified atom stereocenters. The molecule has 1 fully saturated rings. The Hall–Kier alpha value is -3.15. The van der Waals surface area contributed by atoms with Crippen LogP contribution in [0.3, 0.4) is 0 Å². The van der Waals surface area contributed by atoms with Crippen molar-refractivity contribution in [2.75, 3.05) is 37.5 Å². The fraction of sp³-hybridized carbons (Fsp3) is 0.368. The number of nitriles is 1. The Kier molecular flexibility index (Phi) is 5.49. The largest absolute Gasteiger partial charge is 0.497 e. The molecular weight excluding hydrogens is 373 g/mol. The van der Waals surface area contributed by atoms with Crippen molar-refractivity contribution in [3.8, 4) is 17.6 Å².